The van der Waals surface area contributed by atoms with Gasteiger partial charge in [-0.1, -0.05) is 29.8 Å². The summed E-state index contributed by atoms with van der Waals surface area (Å²) in [5.41, 5.74) is 2.48. The quantitative estimate of drug-likeness (QED) is 0.761. The molecule has 144 valence electrons. The molecule has 2 aromatic rings. The topological polar surface area (TPSA) is 84.5 Å². The molecule has 6 nitrogen and oxygen atoms in total. The molecule has 0 radical (unpaired) electrons. The summed E-state index contributed by atoms with van der Waals surface area (Å²) in [6.07, 6.45) is 1.98. The molecule has 3 rings (SSSR count). The SMILES string of the molecule is COc1ccc(NC(C)=O)cc1S(=O)(=O)N[C@@H](c1ccc(C)cc1)C1CC1. The average Bonchev–Trinajstić information content (AvgIpc) is 3.45. The van der Waals surface area contributed by atoms with E-state index in [4.69, 9.17) is 4.74 Å². The Balaban J connectivity index is 1.94. The van der Waals surface area contributed by atoms with Crippen LogP contribution >= 0.6 is 0 Å². The van der Waals surface area contributed by atoms with Crippen molar-refractivity contribution in [2.24, 2.45) is 5.92 Å². The number of hydrogen-bond donors (Lipinski definition) is 2. The Bertz CT molecular complexity index is 935. The highest BCUT2D eigenvalue weighted by atomic mass is 32.2. The minimum atomic E-state index is -3.85. The van der Waals surface area contributed by atoms with Gasteiger partial charge in [-0.3, -0.25) is 4.79 Å². The van der Waals surface area contributed by atoms with Crippen molar-refractivity contribution in [3.63, 3.8) is 0 Å². The third-order valence-electron chi connectivity index (χ3n) is 4.59. The number of amides is 1. The lowest BCUT2D eigenvalue weighted by Crippen LogP contribution is -2.30. The van der Waals surface area contributed by atoms with Gasteiger partial charge in [-0.15, -0.1) is 0 Å². The van der Waals surface area contributed by atoms with E-state index in [9.17, 15) is 13.2 Å². The standard InChI is InChI=1S/C20H24N2O4S/c1-13-4-6-15(7-5-13)20(16-8-9-16)22-27(24,25)19-12-17(21-14(2)23)10-11-18(19)26-3/h4-7,10-12,16,20,22H,8-9H2,1-3H3,(H,21,23)/t20-/m0/s1. The lowest BCUT2D eigenvalue weighted by atomic mass is 10.0. The summed E-state index contributed by atoms with van der Waals surface area (Å²) >= 11 is 0. The molecule has 1 amide bonds. The van der Waals surface area contributed by atoms with Crippen LogP contribution in [0.25, 0.3) is 0 Å². The van der Waals surface area contributed by atoms with Gasteiger partial charge in [0, 0.05) is 18.7 Å². The van der Waals surface area contributed by atoms with Crippen LogP contribution in [0.15, 0.2) is 47.4 Å². The Morgan fingerprint density at radius 1 is 1.15 bits per heavy atom. The third-order valence-corrected chi connectivity index (χ3v) is 6.05. The van der Waals surface area contributed by atoms with Gasteiger partial charge in [0.15, 0.2) is 0 Å². The number of sulfonamides is 1. The number of anilines is 1. The lowest BCUT2D eigenvalue weighted by molar-refractivity contribution is -0.114. The second kappa shape index (κ2) is 7.70. The molecular formula is C20H24N2O4S. The predicted octanol–water partition coefficient (Wildman–Crippen LogP) is 3.39. The summed E-state index contributed by atoms with van der Waals surface area (Å²) in [6, 6.07) is 12.2. The maximum absolute atomic E-state index is 13.1. The minimum Gasteiger partial charge on any atom is -0.495 e. The van der Waals surface area contributed by atoms with Crippen molar-refractivity contribution in [3.8, 4) is 5.75 Å². The van der Waals surface area contributed by atoms with E-state index in [-0.39, 0.29) is 28.5 Å². The fraction of sp³-hybridized carbons (Fsp3) is 0.350. The molecule has 27 heavy (non-hydrogen) atoms. The second-order valence-corrected chi connectivity index (χ2v) is 8.58. The molecule has 2 N–H and O–H groups in total. The smallest absolute Gasteiger partial charge is 0.244 e. The van der Waals surface area contributed by atoms with E-state index >= 15 is 0 Å². The molecule has 2 aromatic carbocycles. The summed E-state index contributed by atoms with van der Waals surface area (Å²) in [5, 5.41) is 2.61. The molecule has 1 aliphatic carbocycles. The fourth-order valence-electron chi connectivity index (χ4n) is 3.04. The largest absolute Gasteiger partial charge is 0.495 e. The van der Waals surface area contributed by atoms with Crippen LogP contribution in [0.4, 0.5) is 5.69 Å². The number of carbonyl (C=O) groups is 1. The molecule has 0 aliphatic heterocycles. The molecule has 0 saturated heterocycles. The molecule has 0 unspecified atom stereocenters. The first kappa shape index (κ1) is 19.4. The molecule has 0 aromatic heterocycles. The normalized spacial score (nSPS) is 15.2. The van der Waals surface area contributed by atoms with E-state index in [0.29, 0.717) is 5.69 Å². The van der Waals surface area contributed by atoms with E-state index in [0.717, 1.165) is 24.0 Å². The van der Waals surface area contributed by atoms with E-state index in [1.54, 1.807) is 6.07 Å². The van der Waals surface area contributed by atoms with Gasteiger partial charge < -0.3 is 10.1 Å². The summed E-state index contributed by atoms with van der Waals surface area (Å²) in [5.74, 6) is 0.244. The van der Waals surface area contributed by atoms with Crippen LogP contribution < -0.4 is 14.8 Å². The van der Waals surface area contributed by atoms with Gasteiger partial charge in [0.05, 0.1) is 7.11 Å². The molecule has 0 bridgehead atoms. The van der Waals surface area contributed by atoms with Crippen LogP contribution in [0.5, 0.6) is 5.75 Å². The molecule has 0 spiro atoms. The number of nitrogens with one attached hydrogen (secondary N) is 2. The highest BCUT2D eigenvalue weighted by Crippen LogP contribution is 2.42. The van der Waals surface area contributed by atoms with Crippen LogP contribution in [0.1, 0.15) is 36.9 Å². The third kappa shape index (κ3) is 4.67. The molecule has 1 aliphatic rings. The number of methoxy groups -OCH3 is 1. The number of ether oxygens (including phenoxy) is 1. The zero-order valence-electron chi connectivity index (χ0n) is 15.7. The van der Waals surface area contributed by atoms with Crippen LogP contribution in [0.2, 0.25) is 0 Å². The zero-order valence-corrected chi connectivity index (χ0v) is 16.5. The summed E-state index contributed by atoms with van der Waals surface area (Å²) < 4.78 is 34.3. The van der Waals surface area contributed by atoms with E-state index < -0.39 is 10.0 Å². The Morgan fingerprint density at radius 3 is 2.37 bits per heavy atom. The Morgan fingerprint density at radius 2 is 1.81 bits per heavy atom. The van der Waals surface area contributed by atoms with Gasteiger partial charge in [-0.05, 0) is 49.4 Å². The summed E-state index contributed by atoms with van der Waals surface area (Å²) in [7, 11) is -2.43. The maximum Gasteiger partial charge on any atom is 0.244 e. The number of carbonyl (C=O) groups excluding carboxylic acids is 1. The van der Waals surface area contributed by atoms with Crippen molar-refractivity contribution in [1.82, 2.24) is 4.72 Å². The van der Waals surface area contributed by atoms with Crippen molar-refractivity contribution < 1.29 is 17.9 Å². The van der Waals surface area contributed by atoms with Gasteiger partial charge in [-0.25, -0.2) is 13.1 Å². The predicted molar refractivity (Wildman–Crippen MR) is 104 cm³/mol. The number of hydrogen-bond acceptors (Lipinski definition) is 4. The van der Waals surface area contributed by atoms with Gasteiger partial charge >= 0.3 is 0 Å². The highest BCUT2D eigenvalue weighted by molar-refractivity contribution is 7.89. The molecule has 1 atom stereocenters. The average molecular weight is 388 g/mol. The van der Waals surface area contributed by atoms with E-state index in [2.05, 4.69) is 10.0 Å². The van der Waals surface area contributed by atoms with E-state index in [1.807, 2.05) is 31.2 Å². The van der Waals surface area contributed by atoms with Crippen molar-refractivity contribution in [1.29, 1.82) is 0 Å². The minimum absolute atomic E-state index is 0.00834. The summed E-state index contributed by atoms with van der Waals surface area (Å²) in [6.45, 7) is 3.37. The highest BCUT2D eigenvalue weighted by Gasteiger charge is 2.36. The van der Waals surface area contributed by atoms with Crippen molar-refractivity contribution in [2.75, 3.05) is 12.4 Å². The van der Waals surface area contributed by atoms with Gasteiger partial charge in [0.2, 0.25) is 15.9 Å². The first-order valence-electron chi connectivity index (χ1n) is 8.84. The second-order valence-electron chi connectivity index (χ2n) is 6.89. The number of aryl methyl sites for hydroxylation is 1. The van der Waals surface area contributed by atoms with Crippen LogP contribution in [-0.2, 0) is 14.8 Å². The molecule has 0 heterocycles. The van der Waals surface area contributed by atoms with Crippen molar-refractivity contribution in [2.45, 2.75) is 37.6 Å². The molecule has 7 heteroatoms. The lowest BCUT2D eigenvalue weighted by Gasteiger charge is -2.20. The Labute approximate surface area is 160 Å². The number of benzene rings is 2. The van der Waals surface area contributed by atoms with Crippen LogP contribution in [0, 0.1) is 12.8 Å². The fourth-order valence-corrected chi connectivity index (χ4v) is 4.53. The molecule has 1 saturated carbocycles. The zero-order chi connectivity index (χ0) is 19.6. The maximum atomic E-state index is 13.1. The van der Waals surface area contributed by atoms with Gasteiger partial charge in [-0.2, -0.15) is 0 Å². The van der Waals surface area contributed by atoms with E-state index in [1.165, 1.54) is 26.2 Å². The number of rotatable bonds is 7. The van der Waals surface area contributed by atoms with Crippen LogP contribution in [-0.4, -0.2) is 21.4 Å². The Hall–Kier alpha value is -2.38. The van der Waals surface area contributed by atoms with Crippen LogP contribution in [0.3, 0.4) is 0 Å². The van der Waals surface area contributed by atoms with Crippen molar-refractivity contribution in [3.05, 3.63) is 53.6 Å². The molecule has 1 fully saturated rings. The first-order chi connectivity index (χ1) is 12.8. The van der Waals surface area contributed by atoms with Gasteiger partial charge in [0.1, 0.15) is 10.6 Å². The first-order valence-corrected chi connectivity index (χ1v) is 10.3. The summed E-state index contributed by atoms with van der Waals surface area (Å²) in [4.78, 5) is 11.3. The van der Waals surface area contributed by atoms with Gasteiger partial charge in [0.25, 0.3) is 0 Å². The molecular weight excluding hydrogens is 364 g/mol. The monoisotopic (exact) mass is 388 g/mol. The van der Waals surface area contributed by atoms with Crippen molar-refractivity contribution >= 4 is 21.6 Å². The Kier molecular flexibility index (Phi) is 5.53.